The van der Waals surface area contributed by atoms with Gasteiger partial charge in [-0.15, -0.1) is 0 Å². The molecular weight excluding hydrogens is 473 g/mol. The first kappa shape index (κ1) is 23.0. The average molecular weight is 498 g/mol. The van der Waals surface area contributed by atoms with Crippen molar-refractivity contribution in [2.75, 3.05) is 31.2 Å². The van der Waals surface area contributed by atoms with Gasteiger partial charge in [-0.05, 0) is 29.3 Å². The molecule has 0 saturated carbocycles. The second-order valence-corrected chi connectivity index (χ2v) is 8.98. The Morgan fingerprint density at radius 3 is 2.62 bits per heavy atom. The number of anilines is 1. The molecule has 0 radical (unpaired) electrons. The number of hydrogen-bond donors (Lipinski definition) is 2. The van der Waals surface area contributed by atoms with E-state index in [1.807, 2.05) is 24.3 Å². The third-order valence-electron chi connectivity index (χ3n) is 6.42. The minimum Gasteiger partial charge on any atom is -0.378 e. The van der Waals surface area contributed by atoms with Crippen LogP contribution >= 0.6 is 0 Å². The van der Waals surface area contributed by atoms with Gasteiger partial charge in [-0.3, -0.25) is 9.89 Å². The number of halogens is 1. The molecule has 37 heavy (non-hydrogen) atoms. The molecule has 1 fully saturated rings. The quantitative estimate of drug-likeness (QED) is 0.330. The van der Waals surface area contributed by atoms with Crippen LogP contribution in [0.4, 0.5) is 10.2 Å². The number of aromatic amines is 2. The zero-order valence-corrected chi connectivity index (χ0v) is 19.9. The fraction of sp³-hybridized carbons (Fsp3) is 0.222. The first-order valence-corrected chi connectivity index (χ1v) is 12.1. The first-order valence-electron chi connectivity index (χ1n) is 12.1. The van der Waals surface area contributed by atoms with Crippen LogP contribution in [0, 0.1) is 5.95 Å². The minimum atomic E-state index is -0.570. The van der Waals surface area contributed by atoms with Gasteiger partial charge in [0.1, 0.15) is 23.6 Å². The van der Waals surface area contributed by atoms with Crippen LogP contribution in [0.25, 0.3) is 33.5 Å². The molecule has 186 valence electrons. The highest BCUT2D eigenvalue weighted by atomic mass is 19.1. The highest BCUT2D eigenvalue weighted by Crippen LogP contribution is 2.29. The summed E-state index contributed by atoms with van der Waals surface area (Å²) in [6, 6.07) is 14.8. The van der Waals surface area contributed by atoms with Crippen molar-refractivity contribution in [3.63, 3.8) is 0 Å². The largest absolute Gasteiger partial charge is 0.378 e. The van der Waals surface area contributed by atoms with E-state index in [2.05, 4.69) is 41.1 Å². The van der Waals surface area contributed by atoms with Crippen LogP contribution in [0.15, 0.2) is 61.1 Å². The Morgan fingerprint density at radius 2 is 1.81 bits per heavy atom. The van der Waals surface area contributed by atoms with Crippen molar-refractivity contribution in [2.24, 2.45) is 0 Å². The van der Waals surface area contributed by atoms with Gasteiger partial charge in [-0.2, -0.15) is 9.49 Å². The fourth-order valence-electron chi connectivity index (χ4n) is 4.58. The molecule has 1 aliphatic heterocycles. The molecule has 5 heterocycles. The number of carbonyl (C=O) groups excluding carboxylic acids is 1. The molecule has 0 aliphatic carbocycles. The molecule has 5 aromatic rings. The summed E-state index contributed by atoms with van der Waals surface area (Å²) < 4.78 is 18.8. The van der Waals surface area contributed by atoms with Gasteiger partial charge in [0.05, 0.1) is 24.3 Å². The fourth-order valence-corrected chi connectivity index (χ4v) is 4.58. The Balaban J connectivity index is 1.13. The monoisotopic (exact) mass is 497 g/mol. The van der Waals surface area contributed by atoms with E-state index in [-0.39, 0.29) is 12.2 Å². The van der Waals surface area contributed by atoms with E-state index in [1.165, 1.54) is 12.3 Å². The molecule has 4 aromatic heterocycles. The maximum absolute atomic E-state index is 13.4. The number of aromatic nitrogens is 6. The summed E-state index contributed by atoms with van der Waals surface area (Å²) in [7, 11) is 0. The van der Waals surface area contributed by atoms with Crippen molar-refractivity contribution >= 4 is 22.6 Å². The molecule has 10 heteroatoms. The molecule has 0 atom stereocenters. The van der Waals surface area contributed by atoms with Crippen LogP contribution in [0.2, 0.25) is 0 Å². The van der Waals surface area contributed by atoms with E-state index >= 15 is 0 Å². The maximum atomic E-state index is 13.4. The molecular formula is C27H24FN7O2. The lowest BCUT2D eigenvalue weighted by molar-refractivity contribution is -0.117. The van der Waals surface area contributed by atoms with Crippen LogP contribution in [0.5, 0.6) is 0 Å². The van der Waals surface area contributed by atoms with Gasteiger partial charge in [0.15, 0.2) is 0 Å². The Kier molecular flexibility index (Phi) is 6.15. The predicted octanol–water partition coefficient (Wildman–Crippen LogP) is 3.74. The van der Waals surface area contributed by atoms with Crippen molar-refractivity contribution < 1.29 is 13.9 Å². The maximum Gasteiger partial charge on any atom is 0.213 e. The second kappa shape index (κ2) is 9.90. The standard InChI is InChI=1S/C27H24FN7O2/c28-25-12-19(5-6-29-25)24-14-20(33-34-24)13-21(36)11-17-1-3-18(4-2-17)23-15-22-26(32-23)30-16-31-27(22)35-7-9-37-10-8-35/h1-6,12,14-16H,7-11,13H2,(H,33,34)(H,30,31,32). The lowest BCUT2D eigenvalue weighted by atomic mass is 10.0. The third kappa shape index (κ3) is 4.96. The molecule has 9 nitrogen and oxygen atoms in total. The Labute approximate surface area is 211 Å². The van der Waals surface area contributed by atoms with Gasteiger partial charge in [-0.25, -0.2) is 15.0 Å². The van der Waals surface area contributed by atoms with Gasteiger partial charge in [0.2, 0.25) is 5.95 Å². The number of benzene rings is 1. The second-order valence-electron chi connectivity index (χ2n) is 8.98. The Morgan fingerprint density at radius 1 is 0.973 bits per heavy atom. The number of ether oxygens (including phenoxy) is 1. The Bertz CT molecular complexity index is 1550. The van der Waals surface area contributed by atoms with Gasteiger partial charge in [-0.1, -0.05) is 24.3 Å². The number of morpholine rings is 1. The lowest BCUT2D eigenvalue weighted by Crippen LogP contribution is -2.36. The number of ketones is 1. The average Bonchev–Trinajstić information content (AvgIpc) is 3.57. The van der Waals surface area contributed by atoms with Gasteiger partial charge < -0.3 is 14.6 Å². The molecule has 1 saturated heterocycles. The normalized spacial score (nSPS) is 13.8. The summed E-state index contributed by atoms with van der Waals surface area (Å²) in [5, 5.41) is 8.04. The van der Waals surface area contributed by atoms with Gasteiger partial charge in [0.25, 0.3) is 0 Å². The summed E-state index contributed by atoms with van der Waals surface area (Å²) in [5.41, 5.74) is 5.54. The van der Waals surface area contributed by atoms with Crippen LogP contribution in [-0.4, -0.2) is 62.2 Å². The number of pyridine rings is 1. The van der Waals surface area contributed by atoms with E-state index in [4.69, 9.17) is 4.74 Å². The topological polar surface area (TPSA) is 113 Å². The molecule has 1 aromatic carbocycles. The molecule has 2 N–H and O–H groups in total. The van der Waals surface area contributed by atoms with E-state index < -0.39 is 5.95 Å². The first-order chi connectivity index (χ1) is 18.1. The third-order valence-corrected chi connectivity index (χ3v) is 6.42. The van der Waals surface area contributed by atoms with Crippen LogP contribution in [-0.2, 0) is 22.4 Å². The number of rotatable bonds is 7. The summed E-state index contributed by atoms with van der Waals surface area (Å²) in [6.07, 6.45) is 3.49. The molecule has 0 unspecified atom stereocenters. The minimum absolute atomic E-state index is 0.0555. The van der Waals surface area contributed by atoms with Crippen LogP contribution in [0.3, 0.4) is 0 Å². The number of H-pyrrole nitrogens is 2. The lowest BCUT2D eigenvalue weighted by Gasteiger charge is -2.27. The number of hydrogen-bond acceptors (Lipinski definition) is 7. The highest BCUT2D eigenvalue weighted by Gasteiger charge is 2.18. The number of Topliss-reactive ketones (excluding diaryl/α,β-unsaturated/α-hetero) is 1. The summed E-state index contributed by atoms with van der Waals surface area (Å²) in [6.45, 7) is 2.99. The van der Waals surface area contributed by atoms with Crippen LogP contribution in [0.1, 0.15) is 11.3 Å². The molecule has 0 amide bonds. The summed E-state index contributed by atoms with van der Waals surface area (Å²) in [4.78, 5) is 30.8. The van der Waals surface area contributed by atoms with E-state index in [0.717, 1.165) is 46.8 Å². The zero-order chi connectivity index (χ0) is 25.2. The molecule has 0 bridgehead atoms. The van der Waals surface area contributed by atoms with E-state index in [9.17, 15) is 9.18 Å². The molecule has 6 rings (SSSR count). The van der Waals surface area contributed by atoms with Gasteiger partial charge in [0, 0.05) is 55.1 Å². The van der Waals surface area contributed by atoms with Crippen molar-refractivity contribution in [3.8, 4) is 22.5 Å². The number of carbonyl (C=O) groups is 1. The number of fused-ring (bicyclic) bond motifs is 1. The zero-order valence-electron chi connectivity index (χ0n) is 19.9. The summed E-state index contributed by atoms with van der Waals surface area (Å²) in [5.74, 6) is 0.397. The smallest absolute Gasteiger partial charge is 0.213 e. The number of nitrogens with zero attached hydrogens (tertiary/aromatic N) is 5. The number of nitrogens with one attached hydrogen (secondary N) is 2. The van der Waals surface area contributed by atoms with Gasteiger partial charge >= 0.3 is 0 Å². The van der Waals surface area contributed by atoms with Crippen molar-refractivity contribution in [2.45, 2.75) is 12.8 Å². The van der Waals surface area contributed by atoms with E-state index in [0.29, 0.717) is 36.6 Å². The molecule has 1 aliphatic rings. The highest BCUT2D eigenvalue weighted by molar-refractivity contribution is 5.92. The van der Waals surface area contributed by atoms with Crippen LogP contribution < -0.4 is 4.90 Å². The SMILES string of the molecule is O=C(Cc1ccc(-c2cc3c(N4CCOCC4)ncnc3[nH]2)cc1)Cc1cc(-c2ccnc(F)c2)n[nH]1. The van der Waals surface area contributed by atoms with E-state index in [1.54, 1.807) is 18.5 Å². The van der Waals surface area contributed by atoms with Crippen molar-refractivity contribution in [3.05, 3.63) is 78.3 Å². The summed E-state index contributed by atoms with van der Waals surface area (Å²) >= 11 is 0. The van der Waals surface area contributed by atoms with Crippen molar-refractivity contribution in [1.82, 2.24) is 30.1 Å². The van der Waals surface area contributed by atoms with Crippen molar-refractivity contribution in [1.29, 1.82) is 0 Å². The molecule has 0 spiro atoms. The predicted molar refractivity (Wildman–Crippen MR) is 137 cm³/mol. The Hall–Kier alpha value is -4.44.